The summed E-state index contributed by atoms with van der Waals surface area (Å²) < 4.78 is 6.63. The molecule has 4 aromatic rings. The van der Waals surface area contributed by atoms with Crippen LogP contribution in [-0.2, 0) is 6.54 Å². The van der Waals surface area contributed by atoms with Crippen LogP contribution in [0.4, 0.5) is 0 Å². The number of hydrogen-bond acceptors (Lipinski definition) is 4. The molecular weight excluding hydrogens is 495 g/mol. The number of methoxy groups -OCH3 is 1. The van der Waals surface area contributed by atoms with Crippen LogP contribution >= 0.6 is 34.8 Å². The minimum absolute atomic E-state index is 0.0213. The predicted octanol–water partition coefficient (Wildman–Crippen LogP) is 6.31. The van der Waals surface area contributed by atoms with Gasteiger partial charge in [-0.05, 0) is 48.0 Å². The molecule has 170 valence electrons. The summed E-state index contributed by atoms with van der Waals surface area (Å²) in [6.45, 7) is 0.249. The Morgan fingerprint density at radius 1 is 1.03 bits per heavy atom. The summed E-state index contributed by atoms with van der Waals surface area (Å²) >= 11 is 18.5. The first-order valence-electron chi connectivity index (χ1n) is 10.1. The van der Waals surface area contributed by atoms with Gasteiger partial charge >= 0.3 is 0 Å². The zero-order valence-electron chi connectivity index (χ0n) is 17.8. The summed E-state index contributed by atoms with van der Waals surface area (Å²) in [5.41, 5.74) is 2.49. The highest BCUT2D eigenvalue weighted by atomic mass is 35.5. The van der Waals surface area contributed by atoms with E-state index in [2.05, 4.69) is 16.5 Å². The van der Waals surface area contributed by atoms with E-state index in [-0.39, 0.29) is 17.8 Å². The second kappa shape index (κ2) is 10.2. The lowest BCUT2D eigenvalue weighted by atomic mass is 10.1. The normalized spacial score (nSPS) is 10.6. The average molecular weight is 512 g/mol. The van der Waals surface area contributed by atoms with Crippen molar-refractivity contribution in [2.24, 2.45) is 0 Å². The van der Waals surface area contributed by atoms with Crippen LogP contribution in [-0.4, -0.2) is 22.8 Å². The van der Waals surface area contributed by atoms with Gasteiger partial charge < -0.3 is 10.1 Å². The quantitative estimate of drug-likeness (QED) is 0.329. The Bertz CT molecular complexity index is 1390. The van der Waals surface area contributed by atoms with Gasteiger partial charge in [-0.25, -0.2) is 4.68 Å². The number of nitriles is 1. The van der Waals surface area contributed by atoms with E-state index in [4.69, 9.17) is 39.5 Å². The lowest BCUT2D eigenvalue weighted by Crippen LogP contribution is -2.24. The maximum atomic E-state index is 13.1. The van der Waals surface area contributed by atoms with Gasteiger partial charge in [0.25, 0.3) is 5.91 Å². The predicted molar refractivity (Wildman–Crippen MR) is 133 cm³/mol. The molecule has 1 heterocycles. The summed E-state index contributed by atoms with van der Waals surface area (Å²) in [6, 6.07) is 21.2. The molecule has 0 bridgehead atoms. The van der Waals surface area contributed by atoms with Crippen LogP contribution in [0.25, 0.3) is 16.9 Å². The van der Waals surface area contributed by atoms with E-state index in [1.165, 1.54) is 4.68 Å². The van der Waals surface area contributed by atoms with Crippen LogP contribution in [0.2, 0.25) is 15.1 Å². The molecular formula is C25H17Cl3N4O2. The minimum Gasteiger partial charge on any atom is -0.497 e. The van der Waals surface area contributed by atoms with Crippen LogP contribution in [0, 0.1) is 11.3 Å². The highest BCUT2D eigenvalue weighted by Gasteiger charge is 2.26. The molecule has 0 aliphatic carbocycles. The van der Waals surface area contributed by atoms with Crippen LogP contribution in [0.5, 0.6) is 5.75 Å². The van der Waals surface area contributed by atoms with E-state index >= 15 is 0 Å². The maximum Gasteiger partial charge on any atom is 0.273 e. The number of rotatable bonds is 6. The summed E-state index contributed by atoms with van der Waals surface area (Å²) in [5, 5.41) is 18.6. The molecule has 1 amide bonds. The molecule has 0 radical (unpaired) electrons. The highest BCUT2D eigenvalue weighted by molar-refractivity contribution is 6.35. The number of carbonyl (C=O) groups is 1. The van der Waals surface area contributed by atoms with Crippen LogP contribution in [0.3, 0.4) is 0 Å². The number of halogens is 3. The monoisotopic (exact) mass is 510 g/mol. The molecule has 34 heavy (non-hydrogen) atoms. The molecule has 6 nitrogen and oxygen atoms in total. The SMILES string of the molecule is COc1ccc(CNC(=O)c2nn(-c3ccc(Cl)cc3Cl)c(-c3ccc(Cl)cc3)c2C#N)cc1. The molecule has 0 saturated heterocycles. The first-order chi connectivity index (χ1) is 16.4. The number of carbonyl (C=O) groups excluding carboxylic acids is 1. The summed E-state index contributed by atoms with van der Waals surface area (Å²) in [7, 11) is 1.59. The van der Waals surface area contributed by atoms with Crippen molar-refractivity contribution in [1.29, 1.82) is 5.26 Å². The van der Waals surface area contributed by atoms with Crippen molar-refractivity contribution in [2.45, 2.75) is 6.54 Å². The number of nitrogens with zero attached hydrogens (tertiary/aromatic N) is 3. The first kappa shape index (κ1) is 23.7. The molecule has 9 heteroatoms. The third kappa shape index (κ3) is 4.87. The van der Waals surface area contributed by atoms with Crippen molar-refractivity contribution in [3.05, 3.63) is 98.6 Å². The number of amides is 1. The van der Waals surface area contributed by atoms with Crippen LogP contribution < -0.4 is 10.1 Å². The molecule has 0 aliphatic rings. The number of ether oxygens (including phenoxy) is 1. The molecule has 4 rings (SSSR count). The molecule has 1 N–H and O–H groups in total. The Kier molecular flexibility index (Phi) is 7.09. The zero-order valence-corrected chi connectivity index (χ0v) is 20.1. The van der Waals surface area contributed by atoms with E-state index < -0.39 is 5.91 Å². The molecule has 3 aromatic carbocycles. The Balaban J connectivity index is 1.77. The molecule has 0 saturated carbocycles. The lowest BCUT2D eigenvalue weighted by molar-refractivity contribution is 0.0945. The number of aromatic nitrogens is 2. The number of benzene rings is 3. The third-order valence-electron chi connectivity index (χ3n) is 5.08. The van der Waals surface area contributed by atoms with Crippen molar-refractivity contribution in [3.63, 3.8) is 0 Å². The van der Waals surface area contributed by atoms with Gasteiger partial charge in [-0.3, -0.25) is 4.79 Å². The van der Waals surface area contributed by atoms with Crippen molar-refractivity contribution in [2.75, 3.05) is 7.11 Å². The summed E-state index contributed by atoms with van der Waals surface area (Å²) in [5.74, 6) is 0.222. The molecule has 0 fully saturated rings. The fourth-order valence-corrected chi connectivity index (χ4v) is 4.01. The lowest BCUT2D eigenvalue weighted by Gasteiger charge is -2.10. The van der Waals surface area contributed by atoms with E-state index in [0.717, 1.165) is 5.56 Å². The zero-order chi connectivity index (χ0) is 24.2. The molecule has 0 spiro atoms. The molecule has 0 atom stereocenters. The second-order valence-electron chi connectivity index (χ2n) is 7.23. The Morgan fingerprint density at radius 2 is 1.71 bits per heavy atom. The largest absolute Gasteiger partial charge is 0.497 e. The van der Waals surface area contributed by atoms with Gasteiger partial charge in [0, 0.05) is 22.2 Å². The summed E-state index contributed by atoms with van der Waals surface area (Å²) in [6.07, 6.45) is 0. The van der Waals surface area contributed by atoms with Crippen molar-refractivity contribution in [1.82, 2.24) is 15.1 Å². The van der Waals surface area contributed by atoms with E-state index in [1.54, 1.807) is 61.7 Å². The maximum absolute atomic E-state index is 13.1. The Morgan fingerprint density at radius 3 is 2.32 bits per heavy atom. The fraction of sp³-hybridized carbons (Fsp3) is 0.0800. The van der Waals surface area contributed by atoms with Gasteiger partial charge in [0.15, 0.2) is 5.69 Å². The molecule has 1 aromatic heterocycles. The van der Waals surface area contributed by atoms with Gasteiger partial charge in [0.1, 0.15) is 17.4 Å². The van der Waals surface area contributed by atoms with Gasteiger partial charge in [-0.1, -0.05) is 59.1 Å². The number of nitrogens with one attached hydrogen (secondary N) is 1. The minimum atomic E-state index is -0.494. The van der Waals surface area contributed by atoms with Gasteiger partial charge in [0.2, 0.25) is 0 Å². The standard InChI is InChI=1S/C25H17Cl3N4O2/c1-34-19-9-2-15(3-10-19)14-30-25(33)23-20(13-29)24(16-4-6-17(26)7-5-16)32(31-23)22-11-8-18(27)12-21(22)28/h2-12H,14H2,1H3,(H,30,33). The van der Waals surface area contributed by atoms with Gasteiger partial charge in [0.05, 0.1) is 23.5 Å². The van der Waals surface area contributed by atoms with E-state index in [0.29, 0.717) is 37.8 Å². The first-order valence-corrected chi connectivity index (χ1v) is 11.2. The van der Waals surface area contributed by atoms with Gasteiger partial charge in [-0.15, -0.1) is 0 Å². The van der Waals surface area contributed by atoms with Gasteiger partial charge in [-0.2, -0.15) is 10.4 Å². The second-order valence-corrected chi connectivity index (χ2v) is 8.51. The van der Waals surface area contributed by atoms with Crippen LogP contribution in [0.15, 0.2) is 66.7 Å². The number of hydrogen-bond donors (Lipinski definition) is 1. The Labute approximate surface area is 211 Å². The van der Waals surface area contributed by atoms with E-state index in [1.807, 2.05) is 12.1 Å². The third-order valence-corrected chi connectivity index (χ3v) is 5.87. The fourth-order valence-electron chi connectivity index (χ4n) is 3.39. The van der Waals surface area contributed by atoms with E-state index in [9.17, 15) is 10.1 Å². The van der Waals surface area contributed by atoms with Crippen molar-refractivity contribution in [3.8, 4) is 28.8 Å². The highest BCUT2D eigenvalue weighted by Crippen LogP contribution is 2.33. The molecule has 0 aliphatic heterocycles. The smallest absolute Gasteiger partial charge is 0.273 e. The molecule has 0 unspecified atom stereocenters. The summed E-state index contributed by atoms with van der Waals surface area (Å²) in [4.78, 5) is 13.1. The van der Waals surface area contributed by atoms with Crippen LogP contribution in [0.1, 0.15) is 21.6 Å². The average Bonchev–Trinajstić information content (AvgIpc) is 3.22. The Hall–Kier alpha value is -3.50. The topological polar surface area (TPSA) is 79.9 Å². The van der Waals surface area contributed by atoms with Crippen molar-refractivity contribution >= 4 is 40.7 Å². The van der Waals surface area contributed by atoms with Crippen molar-refractivity contribution < 1.29 is 9.53 Å².